The van der Waals surface area contributed by atoms with Gasteiger partial charge in [0.2, 0.25) is 5.91 Å². The maximum Gasteiger partial charge on any atom is 0.343 e. The van der Waals surface area contributed by atoms with Crippen molar-refractivity contribution in [3.63, 3.8) is 0 Å². The molecule has 1 atom stereocenters. The van der Waals surface area contributed by atoms with Gasteiger partial charge in [-0.15, -0.1) is 0 Å². The van der Waals surface area contributed by atoms with Crippen LogP contribution >= 0.6 is 0 Å². The molecule has 0 radical (unpaired) electrons. The Hall–Kier alpha value is -3.19. The first-order chi connectivity index (χ1) is 16.1. The third-order valence-corrected chi connectivity index (χ3v) is 7.31. The fourth-order valence-corrected chi connectivity index (χ4v) is 5.31. The molecular weight excluding hydrogens is 414 g/mol. The molecular formula is C26H31N5O2. The number of benzene rings is 2. The molecule has 2 aromatic carbocycles. The number of aromatic nitrogens is 3. The van der Waals surface area contributed by atoms with Gasteiger partial charge in [0.1, 0.15) is 5.82 Å². The van der Waals surface area contributed by atoms with E-state index in [9.17, 15) is 9.59 Å². The first kappa shape index (κ1) is 21.6. The summed E-state index contributed by atoms with van der Waals surface area (Å²) >= 11 is 0. The first-order valence-corrected chi connectivity index (χ1v) is 11.9. The van der Waals surface area contributed by atoms with Gasteiger partial charge in [-0.2, -0.15) is 5.10 Å². The van der Waals surface area contributed by atoms with Crippen LogP contribution in [0.2, 0.25) is 0 Å². The van der Waals surface area contributed by atoms with E-state index < -0.39 is 5.41 Å². The second-order valence-electron chi connectivity index (χ2n) is 9.30. The lowest BCUT2D eigenvalue weighted by Gasteiger charge is -2.42. The Balaban J connectivity index is 1.30. The molecule has 0 aliphatic carbocycles. The van der Waals surface area contributed by atoms with Crippen molar-refractivity contribution in [2.45, 2.75) is 56.7 Å². The number of nitrogens with one attached hydrogen (secondary N) is 2. The Morgan fingerprint density at radius 2 is 1.70 bits per heavy atom. The predicted molar refractivity (Wildman–Crippen MR) is 127 cm³/mol. The summed E-state index contributed by atoms with van der Waals surface area (Å²) in [7, 11) is 0. The number of hydrogen-bond donors (Lipinski definition) is 2. The molecule has 1 unspecified atom stereocenters. The monoisotopic (exact) mass is 445 g/mol. The molecule has 5 rings (SSSR count). The minimum Gasteiger partial charge on any atom is -0.353 e. The average molecular weight is 446 g/mol. The molecule has 2 aliphatic rings. The standard InChI is InChI=1S/C26H31N5O2/c32-24(27-22-11-12-23-28-29-25(33)31(23)16-13-22)26(21-9-5-2-6-10-21)14-17-30(18-15-26)19-20-7-3-1-4-8-20/h1-10,22H,11-19H2,(H,27,32)(H,29,33). The second kappa shape index (κ2) is 9.35. The van der Waals surface area contributed by atoms with Crippen LogP contribution in [0.5, 0.6) is 0 Å². The number of piperidine rings is 1. The summed E-state index contributed by atoms with van der Waals surface area (Å²) < 4.78 is 1.70. The maximum atomic E-state index is 13.8. The first-order valence-electron chi connectivity index (χ1n) is 11.9. The lowest BCUT2D eigenvalue weighted by molar-refractivity contribution is -0.129. The molecule has 172 valence electrons. The lowest BCUT2D eigenvalue weighted by atomic mass is 9.71. The van der Waals surface area contributed by atoms with Crippen LogP contribution in [0.4, 0.5) is 0 Å². The van der Waals surface area contributed by atoms with E-state index in [-0.39, 0.29) is 17.6 Å². The zero-order chi connectivity index (χ0) is 22.7. The quantitative estimate of drug-likeness (QED) is 0.633. The Kier molecular flexibility index (Phi) is 6.13. The van der Waals surface area contributed by atoms with Crippen molar-refractivity contribution < 1.29 is 4.79 Å². The Labute approximate surface area is 193 Å². The van der Waals surface area contributed by atoms with E-state index in [1.807, 2.05) is 24.3 Å². The molecule has 7 nitrogen and oxygen atoms in total. The highest BCUT2D eigenvalue weighted by Gasteiger charge is 2.43. The normalized spacial score (nSPS) is 20.5. The molecule has 33 heavy (non-hydrogen) atoms. The number of rotatable bonds is 5. The maximum absolute atomic E-state index is 13.8. The van der Waals surface area contributed by atoms with Crippen molar-refractivity contribution in [1.82, 2.24) is 25.0 Å². The predicted octanol–water partition coefficient (Wildman–Crippen LogP) is 2.63. The molecule has 1 amide bonds. The Bertz CT molecular complexity index is 1130. The van der Waals surface area contributed by atoms with E-state index in [4.69, 9.17) is 0 Å². The number of fused-ring (bicyclic) bond motifs is 1. The van der Waals surface area contributed by atoms with Crippen molar-refractivity contribution in [1.29, 1.82) is 0 Å². The molecule has 1 aromatic heterocycles. The van der Waals surface area contributed by atoms with Gasteiger partial charge >= 0.3 is 5.69 Å². The van der Waals surface area contributed by atoms with Crippen LogP contribution in [0.15, 0.2) is 65.5 Å². The van der Waals surface area contributed by atoms with Crippen LogP contribution in [0.1, 0.15) is 42.6 Å². The van der Waals surface area contributed by atoms with E-state index in [1.54, 1.807) is 4.57 Å². The highest BCUT2D eigenvalue weighted by atomic mass is 16.2. The highest BCUT2D eigenvalue weighted by molar-refractivity contribution is 5.88. The summed E-state index contributed by atoms with van der Waals surface area (Å²) in [5.74, 6) is 0.898. The molecule has 0 saturated carbocycles. The lowest BCUT2D eigenvalue weighted by Crippen LogP contribution is -2.53. The molecule has 1 fully saturated rings. The third kappa shape index (κ3) is 4.50. The van der Waals surface area contributed by atoms with Crippen molar-refractivity contribution in [2.75, 3.05) is 13.1 Å². The van der Waals surface area contributed by atoms with Gasteiger partial charge in [-0.25, -0.2) is 9.89 Å². The minimum absolute atomic E-state index is 0.0431. The second-order valence-corrected chi connectivity index (χ2v) is 9.30. The topological polar surface area (TPSA) is 83.0 Å². The van der Waals surface area contributed by atoms with Crippen LogP contribution in [-0.2, 0) is 29.7 Å². The van der Waals surface area contributed by atoms with E-state index in [1.165, 1.54) is 5.56 Å². The van der Waals surface area contributed by atoms with E-state index in [2.05, 4.69) is 56.8 Å². The number of aromatic amines is 1. The zero-order valence-corrected chi connectivity index (χ0v) is 18.9. The summed E-state index contributed by atoms with van der Waals surface area (Å²) in [6.07, 6.45) is 3.81. The van der Waals surface area contributed by atoms with Crippen LogP contribution in [0, 0.1) is 0 Å². The van der Waals surface area contributed by atoms with Gasteiger partial charge in [-0.3, -0.25) is 14.3 Å². The van der Waals surface area contributed by atoms with Crippen LogP contribution < -0.4 is 11.0 Å². The molecule has 7 heteroatoms. The van der Waals surface area contributed by atoms with Gasteiger partial charge < -0.3 is 5.32 Å². The number of H-pyrrole nitrogens is 1. The molecule has 1 saturated heterocycles. The van der Waals surface area contributed by atoms with Crippen LogP contribution in [-0.4, -0.2) is 44.7 Å². The highest BCUT2D eigenvalue weighted by Crippen LogP contribution is 2.36. The molecule has 0 bridgehead atoms. The molecule has 0 spiro atoms. The van der Waals surface area contributed by atoms with Gasteiger partial charge in [0.05, 0.1) is 5.41 Å². The van der Waals surface area contributed by atoms with Crippen LogP contribution in [0.3, 0.4) is 0 Å². The molecule has 2 aliphatic heterocycles. The van der Waals surface area contributed by atoms with Crippen molar-refractivity contribution >= 4 is 5.91 Å². The van der Waals surface area contributed by atoms with Gasteiger partial charge in [0.25, 0.3) is 0 Å². The Morgan fingerprint density at radius 3 is 2.42 bits per heavy atom. The van der Waals surface area contributed by atoms with E-state index >= 15 is 0 Å². The van der Waals surface area contributed by atoms with E-state index in [0.29, 0.717) is 13.0 Å². The number of aryl methyl sites for hydroxylation is 1. The minimum atomic E-state index is -0.522. The summed E-state index contributed by atoms with van der Waals surface area (Å²) in [5, 5.41) is 10.0. The van der Waals surface area contributed by atoms with Crippen molar-refractivity contribution in [2.24, 2.45) is 0 Å². The molecule has 2 N–H and O–H groups in total. The summed E-state index contributed by atoms with van der Waals surface area (Å²) in [4.78, 5) is 28.2. The van der Waals surface area contributed by atoms with Gasteiger partial charge in [-0.05, 0) is 49.9 Å². The summed E-state index contributed by atoms with van der Waals surface area (Å²) in [5.41, 5.74) is 1.72. The third-order valence-electron chi connectivity index (χ3n) is 7.31. The fourth-order valence-electron chi connectivity index (χ4n) is 5.31. The van der Waals surface area contributed by atoms with E-state index in [0.717, 1.165) is 56.7 Å². The van der Waals surface area contributed by atoms with Crippen molar-refractivity contribution in [3.05, 3.63) is 88.1 Å². The SMILES string of the molecule is O=C(NC1CCc2n[nH]c(=O)n2CC1)C1(c2ccccc2)CCN(Cc2ccccc2)CC1. The fraction of sp³-hybridized carbons (Fsp3) is 0.423. The number of likely N-dealkylation sites (tertiary alicyclic amines) is 1. The number of hydrogen-bond acceptors (Lipinski definition) is 4. The number of nitrogens with zero attached hydrogens (tertiary/aromatic N) is 3. The summed E-state index contributed by atoms with van der Waals surface area (Å²) in [6, 6.07) is 20.8. The Morgan fingerprint density at radius 1 is 1.00 bits per heavy atom. The average Bonchev–Trinajstić information content (AvgIpc) is 3.08. The molecule has 3 heterocycles. The molecule has 3 aromatic rings. The largest absolute Gasteiger partial charge is 0.353 e. The van der Waals surface area contributed by atoms with Gasteiger partial charge in [-0.1, -0.05) is 60.7 Å². The number of carbonyl (C=O) groups is 1. The van der Waals surface area contributed by atoms with Gasteiger partial charge in [0.15, 0.2) is 0 Å². The zero-order valence-electron chi connectivity index (χ0n) is 18.9. The smallest absolute Gasteiger partial charge is 0.343 e. The summed E-state index contributed by atoms with van der Waals surface area (Å²) in [6.45, 7) is 3.26. The van der Waals surface area contributed by atoms with Gasteiger partial charge in [0, 0.05) is 25.6 Å². The number of amides is 1. The number of carbonyl (C=O) groups excluding carboxylic acids is 1. The van der Waals surface area contributed by atoms with Crippen molar-refractivity contribution in [3.8, 4) is 0 Å². The van der Waals surface area contributed by atoms with Crippen LogP contribution in [0.25, 0.3) is 0 Å².